The van der Waals surface area contributed by atoms with Gasteiger partial charge in [-0.15, -0.1) is 12.4 Å². The third-order valence-corrected chi connectivity index (χ3v) is 6.69. The molecular weight excluding hydrogens is 320 g/mol. The molecule has 0 saturated heterocycles. The quantitative estimate of drug-likeness (QED) is 0.892. The number of likely N-dealkylation sites (N-methyl/N-ethyl adjacent to an activating group) is 1. The molecule has 1 amide bonds. The van der Waals surface area contributed by atoms with Gasteiger partial charge in [-0.3, -0.25) is 4.79 Å². The maximum atomic E-state index is 13.1. The van der Waals surface area contributed by atoms with Gasteiger partial charge in [-0.25, -0.2) is 0 Å². The van der Waals surface area contributed by atoms with Crippen molar-refractivity contribution in [3.8, 4) is 0 Å². The fourth-order valence-corrected chi connectivity index (χ4v) is 5.27. The van der Waals surface area contributed by atoms with E-state index in [1.54, 1.807) is 0 Å². The second kappa shape index (κ2) is 7.05. The van der Waals surface area contributed by atoms with Crippen LogP contribution in [0.1, 0.15) is 43.2 Å². The SMILES string of the molecule is CN(C(=O)C1CC2CCCC(C1)C2N)C1Cc2ccccc2C1.Cl. The van der Waals surface area contributed by atoms with Gasteiger partial charge in [-0.1, -0.05) is 30.7 Å². The highest BCUT2D eigenvalue weighted by atomic mass is 35.5. The Hall–Kier alpha value is -1.06. The molecule has 24 heavy (non-hydrogen) atoms. The molecule has 2 fully saturated rings. The highest BCUT2D eigenvalue weighted by Crippen LogP contribution is 2.42. The van der Waals surface area contributed by atoms with E-state index in [0.717, 1.165) is 25.7 Å². The summed E-state index contributed by atoms with van der Waals surface area (Å²) in [5, 5.41) is 0. The van der Waals surface area contributed by atoms with E-state index in [0.29, 0.717) is 29.8 Å². The van der Waals surface area contributed by atoms with Crippen molar-refractivity contribution in [3.63, 3.8) is 0 Å². The van der Waals surface area contributed by atoms with E-state index in [1.807, 2.05) is 7.05 Å². The summed E-state index contributed by atoms with van der Waals surface area (Å²) in [4.78, 5) is 15.1. The van der Waals surface area contributed by atoms with Crippen LogP contribution in [0.15, 0.2) is 24.3 Å². The lowest BCUT2D eigenvalue weighted by molar-refractivity contribution is -0.139. The van der Waals surface area contributed by atoms with Crippen LogP contribution in [-0.2, 0) is 17.6 Å². The average Bonchev–Trinajstić information content (AvgIpc) is 2.97. The van der Waals surface area contributed by atoms with E-state index in [-0.39, 0.29) is 18.3 Å². The summed E-state index contributed by atoms with van der Waals surface area (Å²) in [5.41, 5.74) is 9.21. The van der Waals surface area contributed by atoms with Crippen LogP contribution < -0.4 is 5.73 Å². The molecule has 2 unspecified atom stereocenters. The number of benzene rings is 1. The van der Waals surface area contributed by atoms with Gasteiger partial charge in [0.05, 0.1) is 0 Å². The molecule has 3 nitrogen and oxygen atoms in total. The zero-order valence-corrected chi connectivity index (χ0v) is 15.3. The molecule has 0 radical (unpaired) electrons. The number of rotatable bonds is 2. The minimum atomic E-state index is 0. The van der Waals surface area contributed by atoms with E-state index in [4.69, 9.17) is 5.73 Å². The van der Waals surface area contributed by atoms with Gasteiger partial charge in [0.1, 0.15) is 0 Å². The van der Waals surface area contributed by atoms with Gasteiger partial charge >= 0.3 is 0 Å². The van der Waals surface area contributed by atoms with Gasteiger partial charge in [0, 0.05) is 25.0 Å². The zero-order valence-electron chi connectivity index (χ0n) is 14.5. The van der Waals surface area contributed by atoms with Crippen molar-refractivity contribution >= 4 is 18.3 Å². The predicted molar refractivity (Wildman–Crippen MR) is 99.2 cm³/mol. The Morgan fingerprint density at radius 3 is 2.17 bits per heavy atom. The number of nitrogens with zero attached hydrogens (tertiary/aromatic N) is 1. The molecule has 3 aliphatic rings. The van der Waals surface area contributed by atoms with Gasteiger partial charge in [-0.2, -0.15) is 0 Å². The Morgan fingerprint density at radius 1 is 1.08 bits per heavy atom. The van der Waals surface area contributed by atoms with Crippen molar-refractivity contribution in [1.29, 1.82) is 0 Å². The van der Waals surface area contributed by atoms with Gasteiger partial charge in [0.15, 0.2) is 0 Å². The van der Waals surface area contributed by atoms with Crippen LogP contribution in [0.2, 0.25) is 0 Å². The first-order valence-electron chi connectivity index (χ1n) is 9.22. The molecule has 132 valence electrons. The first-order valence-corrected chi connectivity index (χ1v) is 9.22. The van der Waals surface area contributed by atoms with Crippen LogP contribution in [0.3, 0.4) is 0 Å². The lowest BCUT2D eigenvalue weighted by atomic mass is 9.65. The Bertz CT molecular complexity index is 566. The van der Waals surface area contributed by atoms with Gasteiger partial charge < -0.3 is 10.6 Å². The topological polar surface area (TPSA) is 46.3 Å². The molecule has 0 aromatic heterocycles. The van der Waals surface area contributed by atoms with Crippen LogP contribution in [0.25, 0.3) is 0 Å². The molecule has 2 bridgehead atoms. The second-order valence-electron chi connectivity index (χ2n) is 7.98. The number of fused-ring (bicyclic) bond motifs is 3. The van der Waals surface area contributed by atoms with E-state index in [2.05, 4.69) is 29.2 Å². The van der Waals surface area contributed by atoms with Crippen molar-refractivity contribution in [2.45, 2.75) is 57.0 Å². The molecule has 3 aliphatic carbocycles. The van der Waals surface area contributed by atoms with Crippen LogP contribution in [0, 0.1) is 17.8 Å². The predicted octanol–water partition coefficient (Wildman–Crippen LogP) is 3.19. The molecule has 1 aromatic rings. The van der Waals surface area contributed by atoms with Crippen LogP contribution in [0.5, 0.6) is 0 Å². The van der Waals surface area contributed by atoms with Crippen molar-refractivity contribution in [3.05, 3.63) is 35.4 Å². The summed E-state index contributed by atoms with van der Waals surface area (Å²) in [6.45, 7) is 0. The Morgan fingerprint density at radius 2 is 1.62 bits per heavy atom. The van der Waals surface area contributed by atoms with Crippen LogP contribution in [0.4, 0.5) is 0 Å². The van der Waals surface area contributed by atoms with Gasteiger partial charge in [0.2, 0.25) is 5.91 Å². The molecule has 2 saturated carbocycles. The number of carbonyl (C=O) groups excluding carboxylic acids is 1. The van der Waals surface area contributed by atoms with Gasteiger partial charge in [0.25, 0.3) is 0 Å². The Kier molecular flexibility index (Phi) is 5.22. The highest BCUT2D eigenvalue weighted by Gasteiger charge is 2.42. The van der Waals surface area contributed by atoms with Crippen LogP contribution in [-0.4, -0.2) is 29.9 Å². The first kappa shape index (κ1) is 17.8. The molecule has 0 heterocycles. The Balaban J connectivity index is 0.00000169. The summed E-state index contributed by atoms with van der Waals surface area (Å²) < 4.78 is 0. The fraction of sp³-hybridized carbons (Fsp3) is 0.650. The summed E-state index contributed by atoms with van der Waals surface area (Å²) in [5.74, 6) is 1.72. The van der Waals surface area contributed by atoms with E-state index < -0.39 is 0 Å². The molecule has 2 atom stereocenters. The standard InChI is InChI=1S/C20H28N2O.ClH/c1-22(18-11-13-5-2-3-6-14(13)12-18)20(23)17-9-15-7-4-8-16(10-17)19(15)21;/h2-3,5-6,15-19H,4,7-12,21H2,1H3;1H. The molecule has 0 spiro atoms. The first-order chi connectivity index (χ1) is 11.1. The summed E-state index contributed by atoms with van der Waals surface area (Å²) in [7, 11) is 2.02. The smallest absolute Gasteiger partial charge is 0.225 e. The minimum Gasteiger partial charge on any atom is -0.342 e. The number of nitrogens with two attached hydrogens (primary N) is 1. The van der Waals surface area contributed by atoms with E-state index in [9.17, 15) is 4.79 Å². The number of amides is 1. The second-order valence-corrected chi connectivity index (χ2v) is 7.98. The number of hydrogen-bond donors (Lipinski definition) is 1. The van der Waals surface area contributed by atoms with Gasteiger partial charge in [-0.05, 0) is 61.5 Å². The van der Waals surface area contributed by atoms with E-state index in [1.165, 1.54) is 30.4 Å². The molecule has 0 aliphatic heterocycles. The minimum absolute atomic E-state index is 0. The van der Waals surface area contributed by atoms with Crippen molar-refractivity contribution < 1.29 is 4.79 Å². The number of hydrogen-bond acceptors (Lipinski definition) is 2. The molecule has 1 aromatic carbocycles. The highest BCUT2D eigenvalue weighted by molar-refractivity contribution is 5.85. The van der Waals surface area contributed by atoms with Crippen molar-refractivity contribution in [2.75, 3.05) is 7.05 Å². The monoisotopic (exact) mass is 348 g/mol. The lowest BCUT2D eigenvalue weighted by Crippen LogP contribution is -2.50. The Labute approximate surface area is 151 Å². The third-order valence-electron chi connectivity index (χ3n) is 6.69. The summed E-state index contributed by atoms with van der Waals surface area (Å²) in [6, 6.07) is 9.30. The summed E-state index contributed by atoms with van der Waals surface area (Å²) >= 11 is 0. The third kappa shape index (κ3) is 3.09. The maximum absolute atomic E-state index is 13.1. The average molecular weight is 349 g/mol. The van der Waals surface area contributed by atoms with E-state index >= 15 is 0 Å². The number of carbonyl (C=O) groups is 1. The zero-order chi connectivity index (χ0) is 16.0. The lowest BCUT2D eigenvalue weighted by Gasteiger charge is -2.44. The normalized spacial score (nSPS) is 31.9. The van der Waals surface area contributed by atoms with Crippen LogP contribution >= 0.6 is 12.4 Å². The number of halogens is 1. The fourth-order valence-electron chi connectivity index (χ4n) is 5.27. The van der Waals surface area contributed by atoms with Crippen molar-refractivity contribution in [2.24, 2.45) is 23.5 Å². The molecule has 4 heteroatoms. The molecular formula is C20H29ClN2O. The maximum Gasteiger partial charge on any atom is 0.225 e. The molecule has 4 rings (SSSR count). The summed E-state index contributed by atoms with van der Waals surface area (Å²) in [6.07, 6.45) is 7.80. The largest absolute Gasteiger partial charge is 0.342 e. The van der Waals surface area contributed by atoms with Crippen molar-refractivity contribution in [1.82, 2.24) is 4.90 Å². The molecule has 2 N–H and O–H groups in total.